The Bertz CT molecular complexity index is 477. The summed E-state index contributed by atoms with van der Waals surface area (Å²) in [6.45, 7) is 1.46. The van der Waals surface area contributed by atoms with Crippen molar-refractivity contribution in [1.82, 2.24) is 4.98 Å². The molecule has 0 aromatic carbocycles. The van der Waals surface area contributed by atoms with Gasteiger partial charge in [-0.2, -0.15) is 0 Å². The third kappa shape index (κ3) is 3.12. The van der Waals surface area contributed by atoms with Crippen molar-refractivity contribution in [3.05, 3.63) is 27.4 Å². The fourth-order valence-corrected chi connectivity index (χ4v) is 2.06. The molecule has 0 saturated carbocycles. The molecule has 2 heterocycles. The lowest BCUT2D eigenvalue weighted by atomic mass is 10.0. The van der Waals surface area contributed by atoms with Crippen molar-refractivity contribution >= 4 is 23.1 Å². The maximum Gasteiger partial charge on any atom is 0.312 e. The SMILES string of the molecule is COC1(CNc2ncc(Cl)cc2[N+](=O)[O-])CCOC1. The second-order valence-corrected chi connectivity index (χ2v) is 4.76. The van der Waals surface area contributed by atoms with Crippen molar-refractivity contribution in [3.8, 4) is 0 Å². The second kappa shape index (κ2) is 5.68. The Labute approximate surface area is 115 Å². The van der Waals surface area contributed by atoms with Crippen molar-refractivity contribution in [1.29, 1.82) is 0 Å². The van der Waals surface area contributed by atoms with Crippen LogP contribution in [0, 0.1) is 10.1 Å². The summed E-state index contributed by atoms with van der Waals surface area (Å²) < 4.78 is 10.7. The third-order valence-electron chi connectivity index (χ3n) is 3.11. The number of nitrogens with zero attached hydrogens (tertiary/aromatic N) is 2. The summed E-state index contributed by atoms with van der Waals surface area (Å²) in [5.74, 6) is 0.178. The smallest absolute Gasteiger partial charge is 0.312 e. The molecule has 1 unspecified atom stereocenters. The molecular formula is C11H14ClN3O4. The molecule has 7 nitrogen and oxygen atoms in total. The number of nitrogens with one attached hydrogen (secondary N) is 1. The van der Waals surface area contributed by atoms with Gasteiger partial charge in [0.15, 0.2) is 0 Å². The van der Waals surface area contributed by atoms with Gasteiger partial charge in [-0.1, -0.05) is 11.6 Å². The van der Waals surface area contributed by atoms with E-state index in [1.54, 1.807) is 7.11 Å². The molecule has 0 radical (unpaired) electrons. The third-order valence-corrected chi connectivity index (χ3v) is 3.32. The maximum atomic E-state index is 10.9. The summed E-state index contributed by atoms with van der Waals surface area (Å²) in [6.07, 6.45) is 2.10. The van der Waals surface area contributed by atoms with E-state index in [9.17, 15) is 10.1 Å². The minimum Gasteiger partial charge on any atom is -0.378 e. The highest BCUT2D eigenvalue weighted by atomic mass is 35.5. The first-order chi connectivity index (χ1) is 9.06. The fourth-order valence-electron chi connectivity index (χ4n) is 1.91. The van der Waals surface area contributed by atoms with Crippen LogP contribution in [-0.2, 0) is 9.47 Å². The molecule has 19 heavy (non-hydrogen) atoms. The van der Waals surface area contributed by atoms with E-state index >= 15 is 0 Å². The highest BCUT2D eigenvalue weighted by molar-refractivity contribution is 6.30. The predicted molar refractivity (Wildman–Crippen MR) is 69.6 cm³/mol. The average molecular weight is 288 g/mol. The van der Waals surface area contributed by atoms with Gasteiger partial charge in [0.2, 0.25) is 5.82 Å². The van der Waals surface area contributed by atoms with E-state index in [1.165, 1.54) is 12.3 Å². The van der Waals surface area contributed by atoms with Crippen LogP contribution in [0.25, 0.3) is 0 Å². The van der Waals surface area contributed by atoms with Gasteiger partial charge < -0.3 is 14.8 Å². The Kier molecular flexibility index (Phi) is 4.18. The van der Waals surface area contributed by atoms with Crippen molar-refractivity contribution in [2.75, 3.05) is 32.2 Å². The quantitative estimate of drug-likeness (QED) is 0.657. The highest BCUT2D eigenvalue weighted by Gasteiger charge is 2.35. The Morgan fingerprint density at radius 3 is 3.11 bits per heavy atom. The molecule has 1 N–H and O–H groups in total. The van der Waals surface area contributed by atoms with E-state index in [1.807, 2.05) is 0 Å². The Hall–Kier alpha value is -1.44. The van der Waals surface area contributed by atoms with Crippen molar-refractivity contribution in [2.24, 2.45) is 0 Å². The molecule has 0 amide bonds. The minimum absolute atomic E-state index is 0.155. The van der Waals surface area contributed by atoms with Gasteiger partial charge >= 0.3 is 5.69 Å². The molecule has 0 spiro atoms. The van der Waals surface area contributed by atoms with Gasteiger partial charge in [-0.05, 0) is 0 Å². The van der Waals surface area contributed by atoms with Crippen LogP contribution in [0.15, 0.2) is 12.3 Å². The molecule has 1 atom stereocenters. The number of hydrogen-bond acceptors (Lipinski definition) is 6. The van der Waals surface area contributed by atoms with Crippen molar-refractivity contribution in [3.63, 3.8) is 0 Å². The summed E-state index contributed by atoms with van der Waals surface area (Å²) in [5.41, 5.74) is -0.618. The van der Waals surface area contributed by atoms with Crippen LogP contribution in [0.5, 0.6) is 0 Å². The van der Waals surface area contributed by atoms with Gasteiger partial charge in [0, 0.05) is 38.9 Å². The first-order valence-corrected chi connectivity index (χ1v) is 6.11. The number of methoxy groups -OCH3 is 1. The lowest BCUT2D eigenvalue weighted by Gasteiger charge is -2.25. The number of nitro groups is 1. The van der Waals surface area contributed by atoms with E-state index in [2.05, 4.69) is 10.3 Å². The van der Waals surface area contributed by atoms with Crippen LogP contribution in [0.1, 0.15) is 6.42 Å². The summed E-state index contributed by atoms with van der Waals surface area (Å²) in [5, 5.41) is 14.1. The monoisotopic (exact) mass is 287 g/mol. The summed E-state index contributed by atoms with van der Waals surface area (Å²) in [4.78, 5) is 14.4. The van der Waals surface area contributed by atoms with Gasteiger partial charge in [-0.15, -0.1) is 0 Å². The van der Waals surface area contributed by atoms with E-state index < -0.39 is 10.5 Å². The van der Waals surface area contributed by atoms with E-state index in [0.717, 1.165) is 6.42 Å². The zero-order chi connectivity index (χ0) is 13.9. The molecule has 8 heteroatoms. The molecule has 1 saturated heterocycles. The fraction of sp³-hybridized carbons (Fsp3) is 0.545. The van der Waals surface area contributed by atoms with Crippen LogP contribution >= 0.6 is 11.6 Å². The Morgan fingerprint density at radius 1 is 1.74 bits per heavy atom. The lowest BCUT2D eigenvalue weighted by Crippen LogP contribution is -2.39. The van der Waals surface area contributed by atoms with Gasteiger partial charge in [0.05, 0.1) is 16.6 Å². The molecule has 1 aliphatic heterocycles. The normalized spacial score (nSPS) is 22.4. The zero-order valence-electron chi connectivity index (χ0n) is 10.4. The molecule has 1 aromatic heterocycles. The molecule has 1 fully saturated rings. The molecule has 1 aromatic rings. The van der Waals surface area contributed by atoms with Crippen molar-refractivity contribution in [2.45, 2.75) is 12.0 Å². The predicted octanol–water partition coefficient (Wildman–Crippen LogP) is 1.86. The van der Waals surface area contributed by atoms with E-state index in [-0.39, 0.29) is 16.5 Å². The number of aromatic nitrogens is 1. The van der Waals surface area contributed by atoms with Crippen LogP contribution in [0.4, 0.5) is 11.5 Å². The van der Waals surface area contributed by atoms with Gasteiger partial charge in [-0.3, -0.25) is 10.1 Å². The first kappa shape index (κ1) is 14.0. The molecule has 104 valence electrons. The van der Waals surface area contributed by atoms with E-state index in [4.69, 9.17) is 21.1 Å². The number of pyridine rings is 1. The minimum atomic E-state index is -0.522. The maximum absolute atomic E-state index is 10.9. The molecule has 0 aliphatic carbocycles. The van der Waals surface area contributed by atoms with Crippen LogP contribution < -0.4 is 5.32 Å². The molecule has 2 rings (SSSR count). The van der Waals surface area contributed by atoms with Crippen LogP contribution in [0.3, 0.4) is 0 Å². The second-order valence-electron chi connectivity index (χ2n) is 4.32. The Balaban J connectivity index is 2.13. The number of hydrogen-bond donors (Lipinski definition) is 1. The van der Waals surface area contributed by atoms with Crippen LogP contribution in [-0.4, -0.2) is 42.4 Å². The molecule has 1 aliphatic rings. The number of halogens is 1. The zero-order valence-corrected chi connectivity index (χ0v) is 11.1. The molecule has 0 bridgehead atoms. The van der Waals surface area contributed by atoms with Crippen molar-refractivity contribution < 1.29 is 14.4 Å². The standard InChI is InChI=1S/C11H14ClN3O4/c1-18-11(2-3-19-7-11)6-14-10-9(15(16)17)4-8(12)5-13-10/h4-5H,2-3,6-7H2,1H3,(H,13,14). The number of anilines is 1. The molecular weight excluding hydrogens is 274 g/mol. The van der Waals surface area contributed by atoms with Gasteiger partial charge in [0.25, 0.3) is 0 Å². The number of ether oxygens (including phenoxy) is 2. The summed E-state index contributed by atoms with van der Waals surface area (Å²) >= 11 is 5.70. The summed E-state index contributed by atoms with van der Waals surface area (Å²) in [6, 6.07) is 1.27. The Morgan fingerprint density at radius 2 is 2.53 bits per heavy atom. The lowest BCUT2D eigenvalue weighted by molar-refractivity contribution is -0.384. The number of rotatable bonds is 5. The largest absolute Gasteiger partial charge is 0.378 e. The van der Waals surface area contributed by atoms with E-state index in [0.29, 0.717) is 19.8 Å². The first-order valence-electron chi connectivity index (χ1n) is 5.73. The van der Waals surface area contributed by atoms with Gasteiger partial charge in [-0.25, -0.2) is 4.98 Å². The van der Waals surface area contributed by atoms with Crippen LogP contribution in [0.2, 0.25) is 5.02 Å². The average Bonchev–Trinajstić information content (AvgIpc) is 2.86. The summed E-state index contributed by atoms with van der Waals surface area (Å²) in [7, 11) is 1.60. The van der Waals surface area contributed by atoms with Gasteiger partial charge in [0.1, 0.15) is 5.60 Å². The topological polar surface area (TPSA) is 86.5 Å². The highest BCUT2D eigenvalue weighted by Crippen LogP contribution is 2.27.